The van der Waals surface area contributed by atoms with Crippen LogP contribution in [0.25, 0.3) is 106 Å². The van der Waals surface area contributed by atoms with Crippen molar-refractivity contribution >= 4 is 56.5 Å². The average Bonchev–Trinajstić information content (AvgIpc) is 1.62. The van der Waals surface area contributed by atoms with Crippen molar-refractivity contribution < 1.29 is 33.2 Å². The van der Waals surface area contributed by atoms with Crippen molar-refractivity contribution in [1.82, 2.24) is 55.1 Å². The van der Waals surface area contributed by atoms with Crippen molar-refractivity contribution in [1.29, 1.82) is 15.8 Å². The van der Waals surface area contributed by atoms with E-state index in [1.807, 2.05) is 60.7 Å². The number of hydrogen-bond donors (Lipinski definition) is 4. The van der Waals surface area contributed by atoms with Crippen LogP contribution in [0.15, 0.2) is 164 Å². The fraction of sp³-hybridized carbons (Fsp3) is 0.306. The summed E-state index contributed by atoms with van der Waals surface area (Å²) in [7, 11) is 0. The lowest BCUT2D eigenvalue weighted by Crippen LogP contribution is -2.36. The number of aromatic nitrogens is 9. The number of benzene rings is 6. The van der Waals surface area contributed by atoms with Crippen LogP contribution in [0.1, 0.15) is 55.2 Å². The molecule has 4 N–H and O–H groups in total. The van der Waals surface area contributed by atoms with Crippen molar-refractivity contribution in [3.05, 3.63) is 192 Å². The van der Waals surface area contributed by atoms with Crippen LogP contribution in [0.2, 0.25) is 0 Å². The molecule has 2 atom stereocenters. The molecule has 0 bridgehead atoms. The summed E-state index contributed by atoms with van der Waals surface area (Å²) in [5.41, 5.74) is 17.9. The number of amides is 1. The summed E-state index contributed by atoms with van der Waals surface area (Å²) in [6.45, 7) is 19.4. The van der Waals surface area contributed by atoms with E-state index >= 15 is 0 Å². The molecule has 18 rings (SSSR count). The number of ether oxygens (including phenoxy) is 6. The molecular weight excluding hydrogens is 1390 g/mol. The highest BCUT2D eigenvalue weighted by molar-refractivity contribution is 5.94. The maximum absolute atomic E-state index is 12.0. The van der Waals surface area contributed by atoms with Gasteiger partial charge in [0.1, 0.15) is 65.1 Å². The Morgan fingerprint density at radius 2 is 0.818 bits per heavy atom. The van der Waals surface area contributed by atoms with Gasteiger partial charge >= 0.3 is 5.91 Å². The number of nitrogens with zero attached hydrogens (tertiary/aromatic N) is 14. The molecule has 1 saturated carbocycles. The summed E-state index contributed by atoms with van der Waals surface area (Å²) in [5.74, 6) is 3.85. The Labute approximate surface area is 635 Å². The first-order valence-electron chi connectivity index (χ1n) is 37.5. The fourth-order valence-electron chi connectivity index (χ4n) is 15.0. The third kappa shape index (κ3) is 16.0. The van der Waals surface area contributed by atoms with Gasteiger partial charge in [-0.15, -0.1) is 0 Å². The number of imidazole rings is 3. The molecule has 11 heterocycles. The first-order valence-corrected chi connectivity index (χ1v) is 37.5. The summed E-state index contributed by atoms with van der Waals surface area (Å²) in [6, 6.07) is 54.9. The Morgan fingerprint density at radius 3 is 1.17 bits per heavy atom. The smallest absolute Gasteiger partial charge is 0.302 e. The molecule has 6 fully saturated rings. The normalized spacial score (nSPS) is 17.2. The Kier molecular flexibility index (Phi) is 21.6. The van der Waals surface area contributed by atoms with E-state index in [1.54, 1.807) is 35.6 Å². The van der Waals surface area contributed by atoms with Crippen LogP contribution in [-0.4, -0.2) is 186 Å². The van der Waals surface area contributed by atoms with Gasteiger partial charge in [0, 0.05) is 128 Å². The van der Waals surface area contributed by atoms with E-state index in [-0.39, 0.29) is 30.8 Å². The predicted molar refractivity (Wildman–Crippen MR) is 419 cm³/mol. The van der Waals surface area contributed by atoms with Gasteiger partial charge < -0.3 is 73.1 Å². The molecule has 25 nitrogen and oxygen atoms in total. The fourth-order valence-corrected chi connectivity index (χ4v) is 15.0. The maximum atomic E-state index is 12.0. The SMILES string of the molecule is N#Cc1cc(-c2ccnc3nc(-c4ccc(N5CCOCC5)cc4)[nH]c23)ccc1OC1CCCC1.N#Cc1cc(-c2ccnc3nc(-c4ccc(N5CCOCC5)cc4)[nH]c23)ccc1O[C@@H]1CCNC1.[C-]#[N+]CC(=O)N1CC[C@@H](Oc2ccc(-c3ccnc4nc(-c5ccc(N6CCOCC6)cc5)[nH]c34)cc2C#N)C1. The van der Waals surface area contributed by atoms with Gasteiger partial charge in [-0.3, -0.25) is 4.79 Å². The molecular formula is C85H80N18O7. The van der Waals surface area contributed by atoms with Crippen LogP contribution in [0.5, 0.6) is 17.2 Å². The minimum Gasteiger partial charge on any atom is -0.489 e. The molecule has 6 aromatic heterocycles. The maximum Gasteiger partial charge on any atom is 0.302 e. The zero-order valence-corrected chi connectivity index (χ0v) is 60.7. The lowest BCUT2D eigenvalue weighted by Gasteiger charge is -2.28. The van der Waals surface area contributed by atoms with E-state index in [9.17, 15) is 20.6 Å². The second-order valence-corrected chi connectivity index (χ2v) is 27.8. The van der Waals surface area contributed by atoms with Gasteiger partial charge in [-0.25, -0.2) is 36.5 Å². The Bertz CT molecular complexity index is 5240. The number of rotatable bonds is 16. The highest BCUT2D eigenvalue weighted by Gasteiger charge is 2.30. The molecule has 5 aliphatic heterocycles. The van der Waals surface area contributed by atoms with E-state index in [2.05, 4.69) is 146 Å². The van der Waals surface area contributed by atoms with Gasteiger partial charge in [-0.05, 0) is 183 Å². The lowest BCUT2D eigenvalue weighted by molar-refractivity contribution is -0.128. The molecule has 12 aromatic rings. The number of nitriles is 3. The Morgan fingerprint density at radius 1 is 0.455 bits per heavy atom. The molecule has 0 spiro atoms. The van der Waals surface area contributed by atoms with E-state index in [1.165, 1.54) is 24.2 Å². The molecule has 6 aromatic carbocycles. The van der Waals surface area contributed by atoms with Crippen molar-refractivity contribution in [3.63, 3.8) is 0 Å². The van der Waals surface area contributed by atoms with Gasteiger partial charge in [0.2, 0.25) is 0 Å². The van der Waals surface area contributed by atoms with Crippen molar-refractivity contribution in [3.8, 4) is 103 Å². The number of pyridine rings is 3. The number of morpholine rings is 3. The Hall–Kier alpha value is -12.8. The number of carbonyl (C=O) groups excluding carboxylic acids is 1. The summed E-state index contributed by atoms with van der Waals surface area (Å²) < 4.78 is 34.7. The Balaban J connectivity index is 0.000000126. The second-order valence-electron chi connectivity index (χ2n) is 27.8. The number of carbonyl (C=O) groups is 1. The molecule has 110 heavy (non-hydrogen) atoms. The number of fused-ring (bicyclic) bond motifs is 3. The minimum atomic E-state index is -0.218. The third-order valence-corrected chi connectivity index (χ3v) is 20.9. The van der Waals surface area contributed by atoms with Gasteiger partial charge in [-0.2, -0.15) is 15.8 Å². The number of likely N-dealkylation sites (tertiary alicyclic amines) is 1. The number of H-pyrrole nitrogens is 3. The van der Waals surface area contributed by atoms with Gasteiger partial charge in [0.05, 0.1) is 85.5 Å². The second kappa shape index (κ2) is 33.2. The average molecular weight is 1470 g/mol. The quantitative estimate of drug-likeness (QED) is 0.0653. The monoisotopic (exact) mass is 1460 g/mol. The summed E-state index contributed by atoms with van der Waals surface area (Å²) in [4.78, 5) is 61.8. The summed E-state index contributed by atoms with van der Waals surface area (Å²) in [5, 5.41) is 32.7. The summed E-state index contributed by atoms with van der Waals surface area (Å²) in [6.07, 6.45) is 11.4. The molecule has 25 heteroatoms. The largest absolute Gasteiger partial charge is 0.489 e. The van der Waals surface area contributed by atoms with Crippen LogP contribution in [-0.2, 0) is 19.0 Å². The van der Waals surface area contributed by atoms with E-state index in [0.717, 1.165) is 201 Å². The number of anilines is 3. The third-order valence-electron chi connectivity index (χ3n) is 20.9. The summed E-state index contributed by atoms with van der Waals surface area (Å²) >= 11 is 0. The topological polar surface area (TPSA) is 298 Å². The first-order chi connectivity index (χ1) is 54.2. The predicted octanol–water partition coefficient (Wildman–Crippen LogP) is 13.0. The van der Waals surface area contributed by atoms with Crippen molar-refractivity contribution in [2.45, 2.75) is 56.8 Å². The highest BCUT2D eigenvalue weighted by Crippen LogP contribution is 2.38. The molecule has 1 aliphatic carbocycles. The van der Waals surface area contributed by atoms with Gasteiger partial charge in [0.25, 0.3) is 6.54 Å². The standard InChI is InChI=1S/C30H27N7O3.C28H27N5O2.C27H26N6O2/c1-32-18-27(38)37-11-9-24(19-37)40-26-7-4-21(16-22(26)17-31)25-8-10-33-30-28(25)34-29(35-30)20-2-5-23(6-3-20)36-12-14-39-15-13-36;29-18-21-17-20(7-10-25(21)35-23-3-1-2-4-23)24-11-12-30-28-26(24)31-27(32-28)19-5-8-22(9-6-19)33-13-15-34-16-14-33;28-16-20-15-19(3-6-24(20)35-22-7-9-29-17-22)23-8-10-30-27-25(23)31-26(32-27)18-1-4-21(5-2-18)33-11-13-34-14-12-33/h2-8,10,16,24H,9,11-15,18-19H2,(H,33,34,35);5-12,17,23H,1-4,13-16H2,(H,30,31,32);1-6,8,10,15,22,29H,7,9,11-14,17H2,(H,30,31,32)/t24-;;22-/m1.1/s1. The van der Waals surface area contributed by atoms with E-state index < -0.39 is 0 Å². The molecule has 1 amide bonds. The van der Waals surface area contributed by atoms with E-state index in [4.69, 9.17) is 49.9 Å². The molecule has 0 unspecified atom stereocenters. The van der Waals surface area contributed by atoms with Crippen LogP contribution in [0.4, 0.5) is 17.1 Å². The molecule has 6 aliphatic rings. The zero-order valence-electron chi connectivity index (χ0n) is 60.7. The minimum absolute atomic E-state index is 0.102. The zero-order chi connectivity index (χ0) is 74.7. The van der Waals surface area contributed by atoms with Crippen LogP contribution >= 0.6 is 0 Å². The van der Waals surface area contributed by atoms with Gasteiger partial charge in [-0.1, -0.05) is 18.2 Å². The molecule has 0 radical (unpaired) electrons. The number of hydrogen-bond acceptors (Lipinski definition) is 20. The van der Waals surface area contributed by atoms with E-state index in [0.29, 0.717) is 70.4 Å². The lowest BCUT2D eigenvalue weighted by atomic mass is 10.0. The number of aromatic amines is 3. The first kappa shape index (κ1) is 71.5. The van der Waals surface area contributed by atoms with Gasteiger partial charge in [0.15, 0.2) is 16.9 Å². The van der Waals surface area contributed by atoms with Crippen LogP contribution in [0, 0.1) is 40.6 Å². The highest BCUT2D eigenvalue weighted by atomic mass is 16.5. The molecule has 552 valence electrons. The molecule has 5 saturated heterocycles. The van der Waals surface area contributed by atoms with Crippen LogP contribution in [0.3, 0.4) is 0 Å². The van der Waals surface area contributed by atoms with Crippen LogP contribution < -0.4 is 34.2 Å². The number of nitrogens with one attached hydrogen (secondary N) is 4. The van der Waals surface area contributed by atoms with Crippen molar-refractivity contribution in [2.75, 3.05) is 126 Å². The van der Waals surface area contributed by atoms with Crippen molar-refractivity contribution in [2.24, 2.45) is 0 Å².